The molecular weight excluding hydrogens is 262 g/mol. The summed E-state index contributed by atoms with van der Waals surface area (Å²) in [4.78, 5) is 0. The van der Waals surface area contributed by atoms with Gasteiger partial charge in [0, 0.05) is 18.5 Å². The first-order valence-corrected chi connectivity index (χ1v) is 8.25. The fourth-order valence-corrected chi connectivity index (χ4v) is 3.75. The van der Waals surface area contributed by atoms with Crippen LogP contribution < -0.4 is 10.5 Å². The summed E-state index contributed by atoms with van der Waals surface area (Å²) in [7, 11) is 0. The first-order valence-electron chi connectivity index (χ1n) is 8.25. The van der Waals surface area contributed by atoms with Crippen LogP contribution in [0.5, 0.6) is 5.75 Å². The number of rotatable bonds is 2. The Balaban J connectivity index is 1.71. The molecule has 0 radical (unpaired) electrons. The molecule has 1 aromatic rings. The summed E-state index contributed by atoms with van der Waals surface area (Å²) < 4.78 is 12.5. The van der Waals surface area contributed by atoms with E-state index in [0.29, 0.717) is 0 Å². The predicted molar refractivity (Wildman–Crippen MR) is 85.7 cm³/mol. The van der Waals surface area contributed by atoms with Gasteiger partial charge in [0.2, 0.25) is 0 Å². The van der Waals surface area contributed by atoms with Gasteiger partial charge in [0.25, 0.3) is 0 Å². The minimum atomic E-state index is 0.0952. The Morgan fingerprint density at radius 2 is 1.90 bits per heavy atom. The van der Waals surface area contributed by atoms with Crippen molar-refractivity contribution in [3.05, 3.63) is 23.3 Å². The van der Waals surface area contributed by atoms with E-state index < -0.39 is 0 Å². The van der Waals surface area contributed by atoms with Gasteiger partial charge in [0.15, 0.2) is 0 Å². The molecule has 3 heteroatoms. The Labute approximate surface area is 127 Å². The van der Waals surface area contributed by atoms with Crippen molar-refractivity contribution in [3.8, 4) is 5.75 Å². The fourth-order valence-electron chi connectivity index (χ4n) is 3.75. The maximum atomic E-state index is 6.31. The summed E-state index contributed by atoms with van der Waals surface area (Å²) >= 11 is 0. The Hall–Kier alpha value is -1.22. The third kappa shape index (κ3) is 3.18. The number of anilines is 1. The summed E-state index contributed by atoms with van der Waals surface area (Å²) in [5.41, 5.74) is 9.12. The van der Waals surface area contributed by atoms with Crippen molar-refractivity contribution >= 4 is 5.69 Å². The van der Waals surface area contributed by atoms with Gasteiger partial charge < -0.3 is 15.2 Å². The highest BCUT2D eigenvalue weighted by atomic mass is 16.5. The lowest BCUT2D eigenvalue weighted by Gasteiger charge is -2.43. The van der Waals surface area contributed by atoms with E-state index in [9.17, 15) is 0 Å². The van der Waals surface area contributed by atoms with E-state index >= 15 is 0 Å². The van der Waals surface area contributed by atoms with Crippen molar-refractivity contribution in [2.24, 2.45) is 0 Å². The molecule has 1 aliphatic carbocycles. The van der Waals surface area contributed by atoms with Gasteiger partial charge in [-0.3, -0.25) is 0 Å². The second-order valence-corrected chi connectivity index (χ2v) is 6.80. The number of ether oxygens (including phenoxy) is 2. The zero-order chi connectivity index (χ0) is 14.9. The molecular formula is C18H27NO2. The molecule has 0 aromatic heterocycles. The molecule has 1 unspecified atom stereocenters. The Morgan fingerprint density at radius 3 is 2.67 bits per heavy atom. The lowest BCUT2D eigenvalue weighted by Crippen LogP contribution is -2.45. The zero-order valence-electron chi connectivity index (χ0n) is 13.3. The van der Waals surface area contributed by atoms with Crippen LogP contribution in [0.1, 0.15) is 56.1 Å². The molecule has 0 amide bonds. The molecule has 116 valence electrons. The Morgan fingerprint density at radius 1 is 1.14 bits per heavy atom. The van der Waals surface area contributed by atoms with Crippen LogP contribution in [0.3, 0.4) is 0 Å². The first-order chi connectivity index (χ1) is 10.1. The highest BCUT2D eigenvalue weighted by Crippen LogP contribution is 2.40. The summed E-state index contributed by atoms with van der Waals surface area (Å²) in [6.07, 6.45) is 8.66. The van der Waals surface area contributed by atoms with Gasteiger partial charge in [-0.15, -0.1) is 0 Å². The fraction of sp³-hybridized carbons (Fsp3) is 0.667. The summed E-state index contributed by atoms with van der Waals surface area (Å²) in [6, 6.07) is 4.09. The SMILES string of the molecule is Cc1cc(OC2CCOC3(CCCCC3)C2)c(C)cc1N. The van der Waals surface area contributed by atoms with Crippen molar-refractivity contribution in [2.45, 2.75) is 70.5 Å². The highest BCUT2D eigenvalue weighted by Gasteiger charge is 2.39. The molecule has 0 bridgehead atoms. The van der Waals surface area contributed by atoms with Gasteiger partial charge in [-0.25, -0.2) is 0 Å². The molecule has 1 aromatic carbocycles. The number of hydrogen-bond acceptors (Lipinski definition) is 3. The van der Waals surface area contributed by atoms with E-state index in [1.807, 2.05) is 13.0 Å². The molecule has 1 heterocycles. The molecule has 21 heavy (non-hydrogen) atoms. The van der Waals surface area contributed by atoms with Crippen molar-refractivity contribution in [1.29, 1.82) is 0 Å². The van der Waals surface area contributed by atoms with Crippen molar-refractivity contribution in [3.63, 3.8) is 0 Å². The lowest BCUT2D eigenvalue weighted by atomic mass is 9.79. The first kappa shape index (κ1) is 14.7. The quantitative estimate of drug-likeness (QED) is 0.832. The van der Waals surface area contributed by atoms with Gasteiger partial charge >= 0.3 is 0 Å². The van der Waals surface area contributed by atoms with E-state index in [2.05, 4.69) is 13.0 Å². The number of benzene rings is 1. The Kier molecular flexibility index (Phi) is 4.12. The lowest BCUT2D eigenvalue weighted by molar-refractivity contribution is -0.129. The average Bonchev–Trinajstić information content (AvgIpc) is 2.46. The predicted octanol–water partition coefficient (Wildman–Crippen LogP) is 4.15. The molecule has 1 aliphatic heterocycles. The number of nitrogens with two attached hydrogens (primary N) is 1. The maximum absolute atomic E-state index is 6.31. The van der Waals surface area contributed by atoms with E-state index in [1.165, 1.54) is 32.1 Å². The minimum Gasteiger partial charge on any atom is -0.490 e. The monoisotopic (exact) mass is 289 g/mol. The second kappa shape index (κ2) is 5.88. The van der Waals surface area contributed by atoms with Crippen LogP contribution in [0.25, 0.3) is 0 Å². The van der Waals surface area contributed by atoms with Crippen LogP contribution in [-0.2, 0) is 4.74 Å². The molecule has 2 aliphatic rings. The average molecular weight is 289 g/mol. The van der Waals surface area contributed by atoms with Crippen LogP contribution in [0.2, 0.25) is 0 Å². The Bertz CT molecular complexity index is 501. The largest absolute Gasteiger partial charge is 0.490 e. The standard InChI is InChI=1S/C18H27NO2/c1-13-11-17(14(2)10-16(13)19)21-15-6-9-20-18(12-15)7-4-3-5-8-18/h10-11,15H,3-9,12,19H2,1-2H3. The number of aryl methyl sites for hydroxylation is 2. The van der Waals surface area contributed by atoms with Gasteiger partial charge in [-0.2, -0.15) is 0 Å². The number of nitrogen functional groups attached to an aromatic ring is 1. The van der Waals surface area contributed by atoms with E-state index in [1.54, 1.807) is 0 Å². The van der Waals surface area contributed by atoms with E-state index in [4.69, 9.17) is 15.2 Å². The molecule has 1 saturated carbocycles. The van der Waals surface area contributed by atoms with E-state index in [0.717, 1.165) is 42.0 Å². The van der Waals surface area contributed by atoms with Crippen molar-refractivity contribution in [1.82, 2.24) is 0 Å². The topological polar surface area (TPSA) is 44.5 Å². The van der Waals surface area contributed by atoms with Crippen LogP contribution in [0.4, 0.5) is 5.69 Å². The van der Waals surface area contributed by atoms with Crippen LogP contribution in [-0.4, -0.2) is 18.3 Å². The molecule has 2 fully saturated rings. The second-order valence-electron chi connectivity index (χ2n) is 6.80. The van der Waals surface area contributed by atoms with Crippen LogP contribution in [0.15, 0.2) is 12.1 Å². The molecule has 1 atom stereocenters. The molecule has 3 nitrogen and oxygen atoms in total. The van der Waals surface area contributed by atoms with Crippen LogP contribution in [0, 0.1) is 13.8 Å². The summed E-state index contributed by atoms with van der Waals surface area (Å²) in [5, 5.41) is 0. The molecule has 3 rings (SSSR count). The highest BCUT2D eigenvalue weighted by molar-refractivity contribution is 5.53. The summed E-state index contributed by atoms with van der Waals surface area (Å²) in [6.45, 7) is 4.94. The van der Waals surface area contributed by atoms with E-state index in [-0.39, 0.29) is 11.7 Å². The van der Waals surface area contributed by atoms with Gasteiger partial charge in [0.1, 0.15) is 11.9 Å². The van der Waals surface area contributed by atoms with Gasteiger partial charge in [-0.1, -0.05) is 19.3 Å². The van der Waals surface area contributed by atoms with Crippen LogP contribution >= 0.6 is 0 Å². The molecule has 2 N–H and O–H groups in total. The summed E-state index contributed by atoms with van der Waals surface area (Å²) in [5.74, 6) is 0.986. The third-order valence-corrected chi connectivity index (χ3v) is 5.07. The smallest absolute Gasteiger partial charge is 0.123 e. The zero-order valence-corrected chi connectivity index (χ0v) is 13.3. The molecule has 1 spiro atoms. The van der Waals surface area contributed by atoms with Gasteiger partial charge in [-0.05, 0) is 49.9 Å². The normalized spacial score (nSPS) is 25.0. The molecule has 1 saturated heterocycles. The van der Waals surface area contributed by atoms with Gasteiger partial charge in [0.05, 0.1) is 12.2 Å². The minimum absolute atomic E-state index is 0.0952. The number of hydrogen-bond donors (Lipinski definition) is 1. The van der Waals surface area contributed by atoms with Crippen molar-refractivity contribution in [2.75, 3.05) is 12.3 Å². The third-order valence-electron chi connectivity index (χ3n) is 5.07. The van der Waals surface area contributed by atoms with Crippen molar-refractivity contribution < 1.29 is 9.47 Å². The maximum Gasteiger partial charge on any atom is 0.123 e.